The second kappa shape index (κ2) is 7.66. The molecule has 3 rings (SSSR count). The molecular weight excluding hydrogens is 338 g/mol. The molecule has 134 valence electrons. The number of rotatable bonds is 6. The van der Waals surface area contributed by atoms with Gasteiger partial charge in [-0.1, -0.05) is 37.4 Å². The maximum Gasteiger partial charge on any atom is 0.193 e. The van der Waals surface area contributed by atoms with Crippen LogP contribution in [0, 0.1) is 6.92 Å². The minimum Gasteiger partial charge on any atom is -0.341 e. The quantitative estimate of drug-likeness (QED) is 0.531. The van der Waals surface area contributed by atoms with E-state index in [-0.39, 0.29) is 11.1 Å². The Morgan fingerprint density at radius 1 is 1.19 bits per heavy atom. The van der Waals surface area contributed by atoms with Gasteiger partial charge in [-0.05, 0) is 42.8 Å². The van der Waals surface area contributed by atoms with Crippen molar-refractivity contribution < 1.29 is 4.79 Å². The van der Waals surface area contributed by atoms with Crippen molar-refractivity contribution in [3.63, 3.8) is 0 Å². The van der Waals surface area contributed by atoms with Crippen molar-refractivity contribution in [2.24, 2.45) is 0 Å². The standard InChI is InChI=1S/C22H19N3O2/c1-4-9-16(5-2)23-20-13-19(27)21-15(3)12-17(14-26)24-22(21)25(20)18-10-7-6-8-11-18/h4-14,23H,1-2H2,3H3/b16-9+. The average Bonchev–Trinajstić information content (AvgIpc) is 2.67. The molecule has 0 radical (unpaired) electrons. The summed E-state index contributed by atoms with van der Waals surface area (Å²) < 4.78 is 1.82. The van der Waals surface area contributed by atoms with Crippen molar-refractivity contribution in [2.45, 2.75) is 6.92 Å². The number of nitrogens with zero attached hydrogens (tertiary/aromatic N) is 2. The van der Waals surface area contributed by atoms with Crippen LogP contribution < -0.4 is 10.7 Å². The molecule has 2 heterocycles. The van der Waals surface area contributed by atoms with Gasteiger partial charge in [0.15, 0.2) is 17.4 Å². The van der Waals surface area contributed by atoms with Gasteiger partial charge < -0.3 is 5.32 Å². The Morgan fingerprint density at radius 2 is 1.93 bits per heavy atom. The number of nitrogens with one attached hydrogen (secondary N) is 1. The van der Waals surface area contributed by atoms with Gasteiger partial charge >= 0.3 is 0 Å². The van der Waals surface area contributed by atoms with Crippen molar-refractivity contribution in [1.82, 2.24) is 9.55 Å². The number of hydrogen-bond acceptors (Lipinski definition) is 4. The number of hydrogen-bond donors (Lipinski definition) is 1. The van der Waals surface area contributed by atoms with E-state index in [1.165, 1.54) is 6.07 Å². The molecule has 3 aromatic rings. The molecule has 27 heavy (non-hydrogen) atoms. The summed E-state index contributed by atoms with van der Waals surface area (Å²) in [6.45, 7) is 9.26. The smallest absolute Gasteiger partial charge is 0.193 e. The number of carbonyl (C=O) groups is 1. The Kier molecular flexibility index (Phi) is 5.13. The molecule has 0 fully saturated rings. The lowest BCUT2D eigenvalue weighted by atomic mass is 10.1. The SMILES string of the molecule is C=C/C=C(\C=C)Nc1cc(=O)c2c(C)cc(C=O)nc2n1-c1ccccc1. The third-order valence-electron chi connectivity index (χ3n) is 4.11. The molecule has 0 spiro atoms. The van der Waals surface area contributed by atoms with E-state index in [0.717, 1.165) is 5.69 Å². The van der Waals surface area contributed by atoms with Crippen LogP contribution in [0.25, 0.3) is 16.7 Å². The number of allylic oxidation sites excluding steroid dienone is 3. The van der Waals surface area contributed by atoms with Crippen LogP contribution in [0.15, 0.2) is 84.3 Å². The number of aldehydes is 1. The van der Waals surface area contributed by atoms with Crippen LogP contribution in [0.2, 0.25) is 0 Å². The number of carbonyl (C=O) groups excluding carboxylic acids is 1. The minimum atomic E-state index is -0.177. The Morgan fingerprint density at radius 3 is 2.56 bits per heavy atom. The van der Waals surface area contributed by atoms with Crippen LogP contribution in [-0.2, 0) is 0 Å². The van der Waals surface area contributed by atoms with E-state index < -0.39 is 0 Å². The summed E-state index contributed by atoms with van der Waals surface area (Å²) in [5.41, 5.74) is 2.70. The van der Waals surface area contributed by atoms with Gasteiger partial charge in [-0.25, -0.2) is 4.98 Å². The first-order valence-corrected chi connectivity index (χ1v) is 8.39. The van der Waals surface area contributed by atoms with Crippen molar-refractivity contribution in [2.75, 3.05) is 5.32 Å². The zero-order valence-corrected chi connectivity index (χ0v) is 15.0. The normalized spacial score (nSPS) is 11.2. The molecule has 0 aliphatic rings. The second-order valence-corrected chi connectivity index (χ2v) is 5.93. The Bertz CT molecular complexity index is 1130. The van der Waals surface area contributed by atoms with E-state index in [2.05, 4.69) is 23.5 Å². The molecule has 2 aromatic heterocycles. The molecular formula is C22H19N3O2. The number of aryl methyl sites for hydroxylation is 1. The molecule has 0 unspecified atom stereocenters. The van der Waals surface area contributed by atoms with Gasteiger partial charge in [0.05, 0.1) is 5.39 Å². The summed E-state index contributed by atoms with van der Waals surface area (Å²) in [4.78, 5) is 28.5. The van der Waals surface area contributed by atoms with Crippen LogP contribution >= 0.6 is 0 Å². The summed E-state index contributed by atoms with van der Waals surface area (Å²) >= 11 is 0. The molecule has 0 aliphatic heterocycles. The van der Waals surface area contributed by atoms with E-state index >= 15 is 0 Å². The summed E-state index contributed by atoms with van der Waals surface area (Å²) in [5.74, 6) is 0.515. The summed E-state index contributed by atoms with van der Waals surface area (Å²) in [6, 6.07) is 12.6. The van der Waals surface area contributed by atoms with Crippen molar-refractivity contribution in [3.8, 4) is 5.69 Å². The first-order chi connectivity index (χ1) is 13.1. The molecule has 0 saturated heterocycles. The Hall–Kier alpha value is -3.73. The van der Waals surface area contributed by atoms with E-state index in [1.807, 2.05) is 34.9 Å². The molecule has 1 N–H and O–H groups in total. The molecule has 0 saturated carbocycles. The van der Waals surface area contributed by atoms with E-state index in [1.54, 1.807) is 31.2 Å². The predicted molar refractivity (Wildman–Crippen MR) is 110 cm³/mol. The lowest BCUT2D eigenvalue weighted by Gasteiger charge is -2.19. The first-order valence-electron chi connectivity index (χ1n) is 8.39. The van der Waals surface area contributed by atoms with Crippen LogP contribution in [-0.4, -0.2) is 15.8 Å². The van der Waals surface area contributed by atoms with Crippen LogP contribution in [0.3, 0.4) is 0 Å². The van der Waals surface area contributed by atoms with Crippen molar-refractivity contribution >= 4 is 23.1 Å². The number of para-hydroxylation sites is 1. The van der Waals surface area contributed by atoms with Crippen molar-refractivity contribution in [3.05, 3.63) is 101 Å². The average molecular weight is 357 g/mol. The van der Waals surface area contributed by atoms with Gasteiger partial charge in [0.1, 0.15) is 11.5 Å². The number of fused-ring (bicyclic) bond motifs is 1. The molecule has 5 heteroatoms. The van der Waals surface area contributed by atoms with E-state index in [4.69, 9.17) is 0 Å². The highest BCUT2D eigenvalue weighted by molar-refractivity contribution is 5.87. The zero-order chi connectivity index (χ0) is 19.4. The zero-order valence-electron chi connectivity index (χ0n) is 15.0. The molecule has 0 amide bonds. The fourth-order valence-electron chi connectivity index (χ4n) is 2.95. The number of anilines is 1. The maximum absolute atomic E-state index is 12.8. The van der Waals surface area contributed by atoms with E-state index in [9.17, 15) is 9.59 Å². The van der Waals surface area contributed by atoms with Gasteiger partial charge in [0.25, 0.3) is 0 Å². The molecule has 0 atom stereocenters. The highest BCUT2D eigenvalue weighted by Crippen LogP contribution is 2.24. The van der Waals surface area contributed by atoms with Gasteiger partial charge in [-0.15, -0.1) is 0 Å². The van der Waals surface area contributed by atoms with Gasteiger partial charge in [0, 0.05) is 17.5 Å². The first kappa shape index (κ1) is 18.1. The number of aromatic nitrogens is 2. The highest BCUT2D eigenvalue weighted by atomic mass is 16.1. The fourth-order valence-corrected chi connectivity index (χ4v) is 2.95. The van der Waals surface area contributed by atoms with Crippen LogP contribution in [0.5, 0.6) is 0 Å². The summed E-state index contributed by atoms with van der Waals surface area (Å²) in [6.07, 6.45) is 5.69. The predicted octanol–water partition coefficient (Wildman–Crippen LogP) is 4.17. The third kappa shape index (κ3) is 3.48. The van der Waals surface area contributed by atoms with E-state index in [0.29, 0.717) is 34.4 Å². The van der Waals surface area contributed by atoms with Crippen LogP contribution in [0.1, 0.15) is 16.1 Å². The molecule has 1 aromatic carbocycles. The number of benzene rings is 1. The summed E-state index contributed by atoms with van der Waals surface area (Å²) in [5, 5.41) is 3.67. The largest absolute Gasteiger partial charge is 0.341 e. The molecule has 5 nitrogen and oxygen atoms in total. The molecule has 0 aliphatic carbocycles. The lowest BCUT2D eigenvalue weighted by Crippen LogP contribution is -2.16. The van der Waals surface area contributed by atoms with Gasteiger partial charge in [-0.2, -0.15) is 0 Å². The fraction of sp³-hybridized carbons (Fsp3) is 0.0455. The Balaban J connectivity index is 2.43. The minimum absolute atomic E-state index is 0.177. The third-order valence-corrected chi connectivity index (χ3v) is 4.11. The van der Waals surface area contributed by atoms with Crippen molar-refractivity contribution in [1.29, 1.82) is 0 Å². The summed E-state index contributed by atoms with van der Waals surface area (Å²) in [7, 11) is 0. The maximum atomic E-state index is 12.8. The molecule has 0 bridgehead atoms. The Labute approximate surface area is 157 Å². The monoisotopic (exact) mass is 357 g/mol. The highest BCUT2D eigenvalue weighted by Gasteiger charge is 2.15. The van der Waals surface area contributed by atoms with Gasteiger partial charge in [0.2, 0.25) is 0 Å². The van der Waals surface area contributed by atoms with Crippen LogP contribution in [0.4, 0.5) is 5.82 Å². The number of pyridine rings is 2. The lowest BCUT2D eigenvalue weighted by molar-refractivity contribution is 0.111. The topological polar surface area (TPSA) is 64.0 Å². The van der Waals surface area contributed by atoms with Gasteiger partial charge in [-0.3, -0.25) is 14.2 Å². The second-order valence-electron chi connectivity index (χ2n) is 5.93.